The first-order chi connectivity index (χ1) is 32.7. The van der Waals surface area contributed by atoms with Gasteiger partial charge in [0.05, 0.1) is 0 Å². The predicted octanol–water partition coefficient (Wildman–Crippen LogP) is 13.2. The van der Waals surface area contributed by atoms with Crippen molar-refractivity contribution in [2.45, 2.75) is 0 Å². The van der Waals surface area contributed by atoms with Crippen molar-refractivity contribution in [3.8, 4) is 0 Å². The Hall–Kier alpha value is -9.35. The Kier molecular flexibility index (Phi) is 11.7. The molecule has 0 bridgehead atoms. The van der Waals surface area contributed by atoms with Crippen LogP contribution >= 0.6 is 0 Å². The van der Waals surface area contributed by atoms with Gasteiger partial charge in [0, 0.05) is 45.5 Å². The van der Waals surface area contributed by atoms with Gasteiger partial charge in [0.25, 0.3) is 5.78 Å². The number of hydrogen-bond donors (Lipinski definition) is 0. The second-order valence-corrected chi connectivity index (χ2v) is 14.9. The van der Waals surface area contributed by atoms with Crippen LogP contribution in [0, 0.1) is 0 Å². The minimum Gasteiger partial charge on any atom is -0.281 e. The number of aromatic nitrogens is 6. The number of rotatable bonds is 14. The maximum Gasteiger partial charge on any atom is 0.267 e. The number of carbonyl (C=O) groups excluding carboxylic acids is 1. The minimum absolute atomic E-state index is 0.177. The van der Waals surface area contributed by atoms with Gasteiger partial charge in [0.1, 0.15) is 0 Å². The molecule has 0 amide bonds. The lowest BCUT2D eigenvalue weighted by Gasteiger charge is -2.27. The summed E-state index contributed by atoms with van der Waals surface area (Å²) in [7, 11) is 0. The van der Waals surface area contributed by atoms with E-state index in [4.69, 9.17) is 29.9 Å². The van der Waals surface area contributed by atoms with E-state index in [-0.39, 0.29) is 35.4 Å². The van der Waals surface area contributed by atoms with Crippen LogP contribution in [-0.2, 0) is 0 Å². The molecule has 8 aromatic carbocycles. The first-order valence-corrected chi connectivity index (χ1v) is 21.4. The van der Waals surface area contributed by atoms with Crippen LogP contribution in [0.4, 0.5) is 69.3 Å². The van der Waals surface area contributed by atoms with E-state index in [0.717, 1.165) is 45.5 Å². The van der Waals surface area contributed by atoms with E-state index in [9.17, 15) is 0 Å². The molecule has 316 valence electrons. The molecule has 2 heterocycles. The van der Waals surface area contributed by atoms with Gasteiger partial charge >= 0.3 is 0 Å². The second-order valence-electron chi connectivity index (χ2n) is 14.9. The van der Waals surface area contributed by atoms with Crippen molar-refractivity contribution in [1.29, 1.82) is 0 Å². The molecule has 10 rings (SSSR count). The average molecular weight is 857 g/mol. The van der Waals surface area contributed by atoms with Crippen LogP contribution in [0.3, 0.4) is 0 Å². The molecule has 0 N–H and O–H groups in total. The third-order valence-corrected chi connectivity index (χ3v) is 10.5. The highest BCUT2D eigenvalue weighted by Gasteiger charge is 2.29. The second kappa shape index (κ2) is 19.0. The van der Waals surface area contributed by atoms with Crippen LogP contribution in [0.15, 0.2) is 243 Å². The molecule has 0 fully saturated rings. The summed E-state index contributed by atoms with van der Waals surface area (Å²) in [5.41, 5.74) is 6.21. The fraction of sp³-hybridized carbons (Fsp3) is 0. The van der Waals surface area contributed by atoms with Crippen LogP contribution in [0.1, 0.15) is 16.4 Å². The fourth-order valence-electron chi connectivity index (χ4n) is 7.55. The molecule has 0 saturated heterocycles. The largest absolute Gasteiger partial charge is 0.281 e. The summed E-state index contributed by atoms with van der Waals surface area (Å²) in [5.74, 6) is -0.174. The summed E-state index contributed by atoms with van der Waals surface area (Å²) in [4.78, 5) is 53.7. The van der Waals surface area contributed by atoms with E-state index in [1.807, 2.05) is 262 Å². The van der Waals surface area contributed by atoms with Crippen LogP contribution in [-0.4, -0.2) is 35.7 Å². The maximum absolute atomic E-state index is 15.7. The number of carbonyl (C=O) groups is 1. The van der Waals surface area contributed by atoms with Crippen molar-refractivity contribution in [2.24, 2.45) is 0 Å². The SMILES string of the molecule is O=C(c1nc(N(c2ccccc2)c2ccccc2)nc(N(c2ccccc2)c2ccccc2)n1)c1nc(N(c2ccccc2)c2ccccc2)nc(N(c2ccccc2)c2ccccc2)n1. The highest BCUT2D eigenvalue weighted by Crippen LogP contribution is 2.39. The molecule has 11 heteroatoms. The molecule has 0 radical (unpaired) electrons. The van der Waals surface area contributed by atoms with E-state index in [2.05, 4.69) is 0 Å². The molecular weight excluding hydrogens is 817 g/mol. The summed E-state index contributed by atoms with van der Waals surface area (Å²) in [5, 5.41) is 0. The number of para-hydroxylation sites is 8. The molecule has 0 aliphatic rings. The number of anilines is 12. The van der Waals surface area contributed by atoms with Crippen LogP contribution in [0.5, 0.6) is 0 Å². The fourth-order valence-corrected chi connectivity index (χ4v) is 7.55. The zero-order valence-electron chi connectivity index (χ0n) is 35.5. The highest BCUT2D eigenvalue weighted by molar-refractivity contribution is 6.05. The first kappa shape index (κ1) is 40.7. The third-order valence-electron chi connectivity index (χ3n) is 10.5. The van der Waals surface area contributed by atoms with Gasteiger partial charge in [-0.1, -0.05) is 146 Å². The van der Waals surface area contributed by atoms with Gasteiger partial charge in [-0.2, -0.15) is 29.9 Å². The lowest BCUT2D eigenvalue weighted by atomic mass is 10.2. The van der Waals surface area contributed by atoms with Crippen molar-refractivity contribution in [2.75, 3.05) is 19.6 Å². The standard InChI is InChI=1S/C55H40N10O/c66-49(50-56-52(62(41-25-9-1-10-26-41)42-27-11-2-12-28-42)60-53(57-50)63(43-29-13-3-14-30-43)44-31-15-4-16-32-44)51-58-54(64(45-33-17-5-18-34-45)46-35-19-6-20-36-46)61-55(59-51)65(47-37-21-7-22-38-47)48-39-23-8-24-40-48/h1-40H. The molecule has 0 unspecified atom stereocenters. The Bertz CT molecular complexity index is 2580. The van der Waals surface area contributed by atoms with Gasteiger partial charge in [0.2, 0.25) is 35.4 Å². The molecule has 0 aliphatic heterocycles. The molecule has 0 atom stereocenters. The minimum atomic E-state index is -0.644. The molecular formula is C55H40N10O. The van der Waals surface area contributed by atoms with Crippen molar-refractivity contribution in [3.63, 3.8) is 0 Å². The average Bonchev–Trinajstić information content (AvgIpc) is 3.39. The highest BCUT2D eigenvalue weighted by atomic mass is 16.1. The summed E-state index contributed by atoms with van der Waals surface area (Å²) >= 11 is 0. The maximum atomic E-state index is 15.7. The Morgan fingerprint density at radius 2 is 0.379 bits per heavy atom. The summed E-state index contributed by atoms with van der Waals surface area (Å²) < 4.78 is 0. The van der Waals surface area contributed by atoms with E-state index >= 15 is 4.79 Å². The zero-order valence-corrected chi connectivity index (χ0v) is 35.5. The van der Waals surface area contributed by atoms with Crippen LogP contribution in [0.2, 0.25) is 0 Å². The molecule has 11 nitrogen and oxygen atoms in total. The van der Waals surface area contributed by atoms with Gasteiger partial charge in [-0.05, 0) is 97.1 Å². The Balaban J connectivity index is 1.23. The first-order valence-electron chi connectivity index (χ1n) is 21.4. The van der Waals surface area contributed by atoms with E-state index in [1.165, 1.54) is 0 Å². The third kappa shape index (κ3) is 8.68. The van der Waals surface area contributed by atoms with E-state index in [0.29, 0.717) is 0 Å². The monoisotopic (exact) mass is 856 g/mol. The smallest absolute Gasteiger partial charge is 0.267 e. The summed E-state index contributed by atoms with van der Waals surface area (Å²) in [6.45, 7) is 0. The van der Waals surface area contributed by atoms with E-state index in [1.54, 1.807) is 0 Å². The molecule has 0 spiro atoms. The van der Waals surface area contributed by atoms with Gasteiger partial charge in [-0.3, -0.25) is 24.4 Å². The normalized spacial score (nSPS) is 10.8. The number of benzene rings is 8. The van der Waals surface area contributed by atoms with Gasteiger partial charge < -0.3 is 0 Å². The van der Waals surface area contributed by atoms with Crippen molar-refractivity contribution >= 4 is 75.1 Å². The van der Waals surface area contributed by atoms with Crippen molar-refractivity contribution < 1.29 is 4.79 Å². The van der Waals surface area contributed by atoms with Gasteiger partial charge in [0.15, 0.2) is 0 Å². The summed E-state index contributed by atoms with van der Waals surface area (Å²) in [6, 6.07) is 78.3. The van der Waals surface area contributed by atoms with Crippen LogP contribution < -0.4 is 19.6 Å². The van der Waals surface area contributed by atoms with Gasteiger partial charge in [-0.25, -0.2) is 0 Å². The predicted molar refractivity (Wildman–Crippen MR) is 262 cm³/mol. The molecule has 0 saturated carbocycles. The Labute approximate surface area is 382 Å². The van der Waals surface area contributed by atoms with Crippen molar-refractivity contribution in [1.82, 2.24) is 29.9 Å². The lowest BCUT2D eigenvalue weighted by Crippen LogP contribution is -2.24. The number of hydrogen-bond acceptors (Lipinski definition) is 11. The number of nitrogens with zero attached hydrogens (tertiary/aromatic N) is 10. The molecule has 66 heavy (non-hydrogen) atoms. The number of ketones is 1. The summed E-state index contributed by atoms with van der Waals surface area (Å²) in [6.07, 6.45) is 0. The quantitative estimate of drug-likeness (QED) is 0.0976. The topological polar surface area (TPSA) is 107 Å². The van der Waals surface area contributed by atoms with E-state index < -0.39 is 5.78 Å². The van der Waals surface area contributed by atoms with Crippen molar-refractivity contribution in [3.05, 3.63) is 254 Å². The Morgan fingerprint density at radius 1 is 0.227 bits per heavy atom. The molecule has 10 aromatic rings. The van der Waals surface area contributed by atoms with Crippen LogP contribution in [0.25, 0.3) is 0 Å². The lowest BCUT2D eigenvalue weighted by molar-refractivity contribution is 0.101. The van der Waals surface area contributed by atoms with Gasteiger partial charge in [-0.15, -0.1) is 0 Å². The molecule has 2 aromatic heterocycles. The zero-order chi connectivity index (χ0) is 44.5. The Morgan fingerprint density at radius 3 is 0.530 bits per heavy atom. The molecule has 0 aliphatic carbocycles.